The van der Waals surface area contributed by atoms with Crippen LogP contribution in [0.15, 0.2) is 24.3 Å². The largest absolute Gasteiger partial charge is 0.494 e. The first-order chi connectivity index (χ1) is 13.3. The number of aryl methyl sites for hydroxylation is 1. The van der Waals surface area contributed by atoms with Crippen LogP contribution in [0.2, 0.25) is 0 Å². The molecule has 0 spiro atoms. The summed E-state index contributed by atoms with van der Waals surface area (Å²) in [6.45, 7) is 7.10. The Balaban J connectivity index is 1.78. The van der Waals surface area contributed by atoms with Gasteiger partial charge in [0.1, 0.15) is 11.5 Å². The van der Waals surface area contributed by atoms with Gasteiger partial charge >= 0.3 is 5.97 Å². The normalized spacial score (nSPS) is 10.4. The Kier molecular flexibility index (Phi) is 7.37. The number of ketones is 2. The molecular formula is C21H25NO6. The summed E-state index contributed by atoms with van der Waals surface area (Å²) in [5, 5.41) is 0. The second kappa shape index (κ2) is 9.73. The highest BCUT2D eigenvalue weighted by Crippen LogP contribution is 2.19. The molecule has 150 valence electrons. The molecule has 2 aromatic rings. The van der Waals surface area contributed by atoms with E-state index in [4.69, 9.17) is 14.2 Å². The Hall–Kier alpha value is -3.09. The van der Waals surface area contributed by atoms with Crippen molar-refractivity contribution in [2.24, 2.45) is 0 Å². The maximum Gasteiger partial charge on any atom is 0.309 e. The van der Waals surface area contributed by atoms with Crippen LogP contribution >= 0.6 is 0 Å². The lowest BCUT2D eigenvalue weighted by molar-refractivity contribution is -0.143. The number of rotatable bonds is 10. The van der Waals surface area contributed by atoms with E-state index in [2.05, 4.69) is 4.98 Å². The maximum absolute atomic E-state index is 12.3. The number of carbonyl (C=O) groups is 3. The fraction of sp³-hybridized carbons (Fsp3) is 0.381. The zero-order valence-electron chi connectivity index (χ0n) is 16.6. The van der Waals surface area contributed by atoms with Gasteiger partial charge < -0.3 is 19.2 Å². The second-order valence-corrected chi connectivity index (χ2v) is 6.27. The minimum absolute atomic E-state index is 0.0158. The van der Waals surface area contributed by atoms with Crippen molar-refractivity contribution in [1.82, 2.24) is 4.98 Å². The highest BCUT2D eigenvalue weighted by Gasteiger charge is 2.20. The lowest BCUT2D eigenvalue weighted by Gasteiger charge is -2.08. The van der Waals surface area contributed by atoms with Crippen LogP contribution in [0.25, 0.3) is 0 Å². The average molecular weight is 387 g/mol. The summed E-state index contributed by atoms with van der Waals surface area (Å²) in [4.78, 5) is 38.6. The molecule has 2 rings (SSSR count). The smallest absolute Gasteiger partial charge is 0.309 e. The Morgan fingerprint density at radius 3 is 2.14 bits per heavy atom. The van der Waals surface area contributed by atoms with Gasteiger partial charge in [0, 0.05) is 11.3 Å². The standard InChI is InChI=1S/C21H25NO6/c1-5-26-16-6-8-17(9-7-16)27-11-10-19(25)28-12-18(24)21-13(2)20(15(4)23)14(3)22-21/h6-9,22H,5,10-12H2,1-4H3. The van der Waals surface area contributed by atoms with Gasteiger partial charge in [-0.15, -0.1) is 0 Å². The SMILES string of the molecule is CCOc1ccc(OCCC(=O)OCC(=O)c2[nH]c(C)c(C(C)=O)c2C)cc1. The Bertz CT molecular complexity index is 851. The first-order valence-corrected chi connectivity index (χ1v) is 9.08. The van der Waals surface area contributed by atoms with Gasteiger partial charge in [0.05, 0.1) is 25.3 Å². The molecular weight excluding hydrogens is 362 g/mol. The Morgan fingerprint density at radius 2 is 1.61 bits per heavy atom. The van der Waals surface area contributed by atoms with Gasteiger partial charge in [-0.25, -0.2) is 0 Å². The summed E-state index contributed by atoms with van der Waals surface area (Å²) >= 11 is 0. The number of benzene rings is 1. The monoisotopic (exact) mass is 387 g/mol. The van der Waals surface area contributed by atoms with Crippen LogP contribution in [0.4, 0.5) is 0 Å². The molecule has 0 atom stereocenters. The van der Waals surface area contributed by atoms with E-state index in [0.29, 0.717) is 34.9 Å². The molecule has 0 aliphatic carbocycles. The second-order valence-electron chi connectivity index (χ2n) is 6.27. The van der Waals surface area contributed by atoms with Crippen LogP contribution < -0.4 is 9.47 Å². The topological polar surface area (TPSA) is 94.7 Å². The molecule has 7 heteroatoms. The minimum Gasteiger partial charge on any atom is -0.494 e. The zero-order chi connectivity index (χ0) is 20.7. The predicted octanol–water partition coefficient (Wildman–Crippen LogP) is 3.43. The van der Waals surface area contributed by atoms with Crippen LogP contribution in [-0.2, 0) is 9.53 Å². The molecule has 0 aliphatic heterocycles. The number of nitrogens with one attached hydrogen (secondary N) is 1. The third-order valence-corrected chi connectivity index (χ3v) is 4.14. The highest BCUT2D eigenvalue weighted by molar-refractivity contribution is 6.04. The third kappa shape index (κ3) is 5.45. The molecule has 7 nitrogen and oxygen atoms in total. The van der Waals surface area contributed by atoms with Crippen molar-refractivity contribution in [1.29, 1.82) is 0 Å². The summed E-state index contributed by atoms with van der Waals surface area (Å²) < 4.78 is 15.8. The van der Waals surface area contributed by atoms with E-state index in [1.165, 1.54) is 6.92 Å². The molecule has 0 bridgehead atoms. The van der Waals surface area contributed by atoms with E-state index in [1.54, 1.807) is 38.1 Å². The Labute approximate surface area is 164 Å². The van der Waals surface area contributed by atoms with Crippen LogP contribution in [0.1, 0.15) is 52.4 Å². The number of aromatic nitrogens is 1. The number of esters is 1. The summed E-state index contributed by atoms with van der Waals surface area (Å²) in [6.07, 6.45) is 0.0158. The van der Waals surface area contributed by atoms with E-state index in [9.17, 15) is 14.4 Å². The van der Waals surface area contributed by atoms with Crippen molar-refractivity contribution in [2.75, 3.05) is 19.8 Å². The van der Waals surface area contributed by atoms with Gasteiger partial charge in [0.25, 0.3) is 0 Å². The molecule has 1 aromatic heterocycles. The number of carbonyl (C=O) groups excluding carboxylic acids is 3. The van der Waals surface area contributed by atoms with Crippen molar-refractivity contribution in [3.63, 3.8) is 0 Å². The number of ether oxygens (including phenoxy) is 3. The predicted molar refractivity (Wildman–Crippen MR) is 103 cm³/mol. The molecule has 0 amide bonds. The fourth-order valence-corrected chi connectivity index (χ4v) is 2.90. The van der Waals surface area contributed by atoms with E-state index >= 15 is 0 Å². The van der Waals surface area contributed by atoms with Gasteiger partial charge in [0.15, 0.2) is 12.4 Å². The molecule has 0 unspecified atom stereocenters. The molecule has 0 fully saturated rings. The van der Waals surface area contributed by atoms with E-state index in [1.807, 2.05) is 6.92 Å². The van der Waals surface area contributed by atoms with Crippen molar-refractivity contribution in [2.45, 2.75) is 34.1 Å². The van der Waals surface area contributed by atoms with Crippen molar-refractivity contribution < 1.29 is 28.6 Å². The number of aromatic amines is 1. The third-order valence-electron chi connectivity index (χ3n) is 4.14. The van der Waals surface area contributed by atoms with Crippen LogP contribution in [-0.4, -0.2) is 42.3 Å². The Morgan fingerprint density at radius 1 is 1.00 bits per heavy atom. The fourth-order valence-electron chi connectivity index (χ4n) is 2.90. The van der Waals surface area contributed by atoms with Crippen molar-refractivity contribution in [3.8, 4) is 11.5 Å². The lowest BCUT2D eigenvalue weighted by Crippen LogP contribution is -2.17. The quantitative estimate of drug-likeness (QED) is 0.496. The summed E-state index contributed by atoms with van der Waals surface area (Å²) in [7, 11) is 0. The van der Waals surface area contributed by atoms with Crippen LogP contribution in [0.5, 0.6) is 11.5 Å². The van der Waals surface area contributed by atoms with Gasteiger partial charge in [-0.05, 0) is 57.5 Å². The maximum atomic E-state index is 12.3. The summed E-state index contributed by atoms with van der Waals surface area (Å²) in [5.74, 6) is 0.326. The molecule has 0 aliphatic rings. The van der Waals surface area contributed by atoms with E-state index in [-0.39, 0.29) is 31.2 Å². The lowest BCUT2D eigenvalue weighted by atomic mass is 10.1. The van der Waals surface area contributed by atoms with Crippen LogP contribution in [0.3, 0.4) is 0 Å². The number of H-pyrrole nitrogens is 1. The number of hydrogen-bond donors (Lipinski definition) is 1. The summed E-state index contributed by atoms with van der Waals surface area (Å²) in [5.41, 5.74) is 1.99. The summed E-state index contributed by atoms with van der Waals surface area (Å²) in [6, 6.07) is 7.07. The molecule has 0 saturated heterocycles. The van der Waals surface area contributed by atoms with E-state index < -0.39 is 5.97 Å². The average Bonchev–Trinajstić information content (AvgIpc) is 2.96. The molecule has 1 heterocycles. The molecule has 28 heavy (non-hydrogen) atoms. The molecule has 1 aromatic carbocycles. The van der Waals surface area contributed by atoms with Gasteiger partial charge in [0.2, 0.25) is 5.78 Å². The molecule has 1 N–H and O–H groups in total. The van der Waals surface area contributed by atoms with Gasteiger partial charge in [-0.3, -0.25) is 14.4 Å². The zero-order valence-corrected chi connectivity index (χ0v) is 16.6. The van der Waals surface area contributed by atoms with Gasteiger partial charge in [-0.2, -0.15) is 0 Å². The van der Waals surface area contributed by atoms with Crippen molar-refractivity contribution >= 4 is 17.5 Å². The first-order valence-electron chi connectivity index (χ1n) is 9.08. The van der Waals surface area contributed by atoms with Crippen LogP contribution in [0, 0.1) is 13.8 Å². The van der Waals surface area contributed by atoms with Gasteiger partial charge in [-0.1, -0.05) is 0 Å². The van der Waals surface area contributed by atoms with E-state index in [0.717, 1.165) is 5.75 Å². The van der Waals surface area contributed by atoms with Crippen molar-refractivity contribution in [3.05, 3.63) is 46.8 Å². The number of hydrogen-bond acceptors (Lipinski definition) is 6. The number of Topliss-reactive ketones (excluding diaryl/α,β-unsaturated/α-hetero) is 2. The molecule has 0 saturated carbocycles. The molecule has 0 radical (unpaired) electrons. The minimum atomic E-state index is -0.535. The highest BCUT2D eigenvalue weighted by atomic mass is 16.5. The first kappa shape index (κ1) is 21.2.